The Kier molecular flexibility index (Phi) is 4.38. The quantitative estimate of drug-likeness (QED) is 0.870. The molecule has 16 heavy (non-hydrogen) atoms. The van der Waals surface area contributed by atoms with E-state index >= 15 is 0 Å². The summed E-state index contributed by atoms with van der Waals surface area (Å²) in [5, 5.41) is 0. The highest BCUT2D eigenvalue weighted by Gasteiger charge is 2.14. The van der Waals surface area contributed by atoms with Gasteiger partial charge in [-0.05, 0) is 39.5 Å². The van der Waals surface area contributed by atoms with Gasteiger partial charge in [-0.15, -0.1) is 0 Å². The molecule has 3 nitrogen and oxygen atoms in total. The van der Waals surface area contributed by atoms with Crippen LogP contribution >= 0.6 is 15.9 Å². The summed E-state index contributed by atoms with van der Waals surface area (Å²) in [6.07, 6.45) is 0. The fourth-order valence-electron chi connectivity index (χ4n) is 1.50. The molecule has 0 fully saturated rings. The second kappa shape index (κ2) is 5.19. The number of halogens is 1. The van der Waals surface area contributed by atoms with Gasteiger partial charge >= 0.3 is 0 Å². The molecule has 0 aliphatic heterocycles. The molecule has 0 saturated carbocycles. The van der Waals surface area contributed by atoms with Gasteiger partial charge in [0.05, 0.1) is 11.5 Å². The Morgan fingerprint density at radius 1 is 1.38 bits per heavy atom. The first kappa shape index (κ1) is 13.5. The number of nitrogens with two attached hydrogens (primary N) is 1. The van der Waals surface area contributed by atoms with Crippen LogP contribution < -0.4 is 5.73 Å². The topological polar surface area (TPSA) is 60.2 Å². The van der Waals surface area contributed by atoms with Crippen molar-refractivity contribution in [1.82, 2.24) is 0 Å². The van der Waals surface area contributed by atoms with Crippen LogP contribution in [0.1, 0.15) is 19.4 Å². The summed E-state index contributed by atoms with van der Waals surface area (Å²) in [7, 11) is -3.03. The highest BCUT2D eigenvalue weighted by atomic mass is 79.9. The standard InChI is InChI=1S/C11H16BrNO2S/c1-8(2)6-16(14,15)7-9-3-4-10(12)11(13)5-9/h3-5,8H,6-7,13H2,1-2H3. The van der Waals surface area contributed by atoms with Crippen molar-refractivity contribution in [1.29, 1.82) is 0 Å². The molecule has 2 N–H and O–H groups in total. The van der Waals surface area contributed by atoms with Crippen molar-refractivity contribution in [3.05, 3.63) is 28.2 Å². The predicted molar refractivity (Wildman–Crippen MR) is 70.9 cm³/mol. The van der Waals surface area contributed by atoms with E-state index in [2.05, 4.69) is 15.9 Å². The van der Waals surface area contributed by atoms with E-state index in [-0.39, 0.29) is 17.4 Å². The van der Waals surface area contributed by atoms with Gasteiger partial charge in [-0.25, -0.2) is 8.42 Å². The van der Waals surface area contributed by atoms with Crippen LogP contribution in [0.15, 0.2) is 22.7 Å². The van der Waals surface area contributed by atoms with Crippen LogP contribution in [0.3, 0.4) is 0 Å². The van der Waals surface area contributed by atoms with E-state index in [1.54, 1.807) is 18.2 Å². The molecule has 0 aliphatic carbocycles. The molecule has 0 unspecified atom stereocenters. The number of nitrogen functional groups attached to an aromatic ring is 1. The maximum absolute atomic E-state index is 11.8. The van der Waals surface area contributed by atoms with Gasteiger partial charge in [-0.3, -0.25) is 0 Å². The Labute approximate surface area is 105 Å². The average molecular weight is 306 g/mol. The molecule has 0 amide bonds. The van der Waals surface area contributed by atoms with Crippen LogP contribution in [0, 0.1) is 5.92 Å². The molecule has 0 heterocycles. The second-order valence-electron chi connectivity index (χ2n) is 4.30. The minimum Gasteiger partial charge on any atom is -0.398 e. The third-order valence-corrected chi connectivity index (χ3v) is 4.70. The molecule has 0 spiro atoms. The van der Waals surface area contributed by atoms with Crippen molar-refractivity contribution < 1.29 is 8.42 Å². The molecule has 0 aliphatic rings. The second-order valence-corrected chi connectivity index (χ2v) is 7.27. The molecule has 1 aromatic rings. The van der Waals surface area contributed by atoms with Gasteiger partial charge in [0, 0.05) is 10.2 Å². The van der Waals surface area contributed by atoms with Gasteiger partial charge in [0.1, 0.15) is 0 Å². The predicted octanol–water partition coefficient (Wildman–Crippen LogP) is 2.60. The number of anilines is 1. The van der Waals surface area contributed by atoms with Crippen molar-refractivity contribution in [3.8, 4) is 0 Å². The van der Waals surface area contributed by atoms with Gasteiger partial charge in [0.25, 0.3) is 0 Å². The maximum atomic E-state index is 11.8. The zero-order valence-electron chi connectivity index (χ0n) is 9.40. The largest absolute Gasteiger partial charge is 0.398 e. The van der Waals surface area contributed by atoms with E-state index in [1.807, 2.05) is 13.8 Å². The molecule has 0 bridgehead atoms. The fourth-order valence-corrected chi connectivity index (χ4v) is 3.57. The first-order valence-electron chi connectivity index (χ1n) is 5.04. The van der Waals surface area contributed by atoms with Crippen LogP contribution in [-0.4, -0.2) is 14.2 Å². The highest BCUT2D eigenvalue weighted by molar-refractivity contribution is 9.10. The minimum atomic E-state index is -3.03. The van der Waals surface area contributed by atoms with Gasteiger partial charge in [0.15, 0.2) is 9.84 Å². The van der Waals surface area contributed by atoms with E-state index in [4.69, 9.17) is 5.73 Å². The monoisotopic (exact) mass is 305 g/mol. The lowest BCUT2D eigenvalue weighted by atomic mass is 10.2. The zero-order chi connectivity index (χ0) is 12.3. The van der Waals surface area contributed by atoms with Crippen molar-refractivity contribution in [2.45, 2.75) is 19.6 Å². The van der Waals surface area contributed by atoms with Crippen molar-refractivity contribution >= 4 is 31.5 Å². The van der Waals surface area contributed by atoms with Gasteiger partial charge < -0.3 is 5.73 Å². The molecule has 5 heteroatoms. The Hall–Kier alpha value is -0.550. The average Bonchev–Trinajstić information content (AvgIpc) is 2.08. The number of hydrogen-bond donors (Lipinski definition) is 1. The van der Waals surface area contributed by atoms with E-state index < -0.39 is 9.84 Å². The summed E-state index contributed by atoms with van der Waals surface area (Å²) in [6, 6.07) is 5.25. The third kappa shape index (κ3) is 4.14. The summed E-state index contributed by atoms with van der Waals surface area (Å²) >= 11 is 3.27. The van der Waals surface area contributed by atoms with Gasteiger partial charge in [-0.1, -0.05) is 19.9 Å². The molecule has 1 rings (SSSR count). The summed E-state index contributed by atoms with van der Waals surface area (Å²) < 4.78 is 24.3. The fraction of sp³-hybridized carbons (Fsp3) is 0.455. The lowest BCUT2D eigenvalue weighted by molar-refractivity contribution is 0.581. The lowest BCUT2D eigenvalue weighted by Crippen LogP contribution is -2.13. The highest BCUT2D eigenvalue weighted by Crippen LogP contribution is 2.21. The van der Waals surface area contributed by atoms with Crippen LogP contribution in [0.5, 0.6) is 0 Å². The van der Waals surface area contributed by atoms with Gasteiger partial charge in [0.2, 0.25) is 0 Å². The van der Waals surface area contributed by atoms with Crippen LogP contribution in [0.4, 0.5) is 5.69 Å². The third-order valence-electron chi connectivity index (χ3n) is 2.03. The first-order valence-corrected chi connectivity index (χ1v) is 7.66. The first-order chi connectivity index (χ1) is 7.30. The molecular formula is C11H16BrNO2S. The Bertz CT molecular complexity index is 469. The van der Waals surface area contributed by atoms with E-state index in [0.717, 1.165) is 10.0 Å². The maximum Gasteiger partial charge on any atom is 0.154 e. The van der Waals surface area contributed by atoms with Crippen molar-refractivity contribution in [2.24, 2.45) is 5.92 Å². The molecule has 0 radical (unpaired) electrons. The number of rotatable bonds is 4. The SMILES string of the molecule is CC(C)CS(=O)(=O)Cc1ccc(Br)c(N)c1. The Morgan fingerprint density at radius 3 is 2.50 bits per heavy atom. The van der Waals surface area contributed by atoms with Crippen molar-refractivity contribution in [2.75, 3.05) is 11.5 Å². The molecule has 1 aromatic carbocycles. The molecule has 0 atom stereocenters. The molecule has 90 valence electrons. The lowest BCUT2D eigenvalue weighted by Gasteiger charge is -2.08. The smallest absolute Gasteiger partial charge is 0.154 e. The summed E-state index contributed by atoms with van der Waals surface area (Å²) in [4.78, 5) is 0. The Morgan fingerprint density at radius 2 is 2.00 bits per heavy atom. The Balaban J connectivity index is 2.84. The normalized spacial score (nSPS) is 12.0. The number of benzene rings is 1. The summed E-state index contributed by atoms with van der Waals surface area (Å²) in [5.41, 5.74) is 7.00. The summed E-state index contributed by atoms with van der Waals surface area (Å²) in [6.45, 7) is 3.79. The van der Waals surface area contributed by atoms with Crippen LogP contribution in [0.2, 0.25) is 0 Å². The van der Waals surface area contributed by atoms with E-state index in [9.17, 15) is 8.42 Å². The molecule has 0 aromatic heterocycles. The van der Waals surface area contributed by atoms with E-state index in [1.165, 1.54) is 0 Å². The molecular weight excluding hydrogens is 290 g/mol. The zero-order valence-corrected chi connectivity index (χ0v) is 11.8. The number of hydrogen-bond acceptors (Lipinski definition) is 3. The minimum absolute atomic E-state index is 0.0582. The van der Waals surface area contributed by atoms with E-state index in [0.29, 0.717) is 5.69 Å². The van der Waals surface area contributed by atoms with Crippen LogP contribution in [0.25, 0.3) is 0 Å². The van der Waals surface area contributed by atoms with Crippen LogP contribution in [-0.2, 0) is 15.6 Å². The van der Waals surface area contributed by atoms with Crippen molar-refractivity contribution in [3.63, 3.8) is 0 Å². The summed E-state index contributed by atoms with van der Waals surface area (Å²) in [5.74, 6) is 0.420. The van der Waals surface area contributed by atoms with Gasteiger partial charge in [-0.2, -0.15) is 0 Å². The molecule has 0 saturated heterocycles. The number of sulfone groups is 1.